The molecule has 0 saturated carbocycles. The second-order valence-corrected chi connectivity index (χ2v) is 12.6. The second-order valence-electron chi connectivity index (χ2n) is 12.6. The maximum absolute atomic E-state index is 13.8. The molecule has 2 heterocycles. The van der Waals surface area contributed by atoms with Crippen molar-refractivity contribution in [3.05, 3.63) is 68.7 Å². The monoisotopic (exact) mass is 793 g/mol. The van der Waals surface area contributed by atoms with E-state index in [1.54, 1.807) is 49.2 Å². The minimum absolute atomic E-state index is 0. The Morgan fingerprint density at radius 1 is 1.00 bits per heavy atom. The number of ether oxygens (including phenoxy) is 2. The van der Waals surface area contributed by atoms with Crippen LogP contribution in [-0.4, -0.2) is 99.1 Å². The van der Waals surface area contributed by atoms with Crippen molar-refractivity contribution < 1.29 is 43.3 Å². The number of aromatic amines is 1. The lowest BCUT2D eigenvalue weighted by Gasteiger charge is -2.26. The minimum atomic E-state index is -1.76. The van der Waals surface area contributed by atoms with Crippen LogP contribution >= 0.6 is 24.8 Å². The molecular formula is C33H50Cl2FN7O10. The molecule has 0 bridgehead atoms. The van der Waals surface area contributed by atoms with Crippen LogP contribution in [-0.2, 0) is 35.1 Å². The summed E-state index contributed by atoms with van der Waals surface area (Å²) in [6.07, 6.45) is -3.67. The van der Waals surface area contributed by atoms with Gasteiger partial charge in [0, 0.05) is 6.42 Å². The number of nitrogens with one attached hydrogen (secondary N) is 4. The number of H-pyrrole nitrogens is 1. The lowest BCUT2D eigenvalue weighted by atomic mass is 9.98. The van der Waals surface area contributed by atoms with Crippen LogP contribution in [0.1, 0.15) is 58.2 Å². The number of nitrogens with zero attached hydrogens (tertiary/aromatic N) is 1. The van der Waals surface area contributed by atoms with E-state index < -0.39 is 102 Å². The molecule has 10 N–H and O–H groups in total. The van der Waals surface area contributed by atoms with E-state index in [2.05, 4.69) is 16.0 Å². The molecule has 1 aliphatic heterocycles. The number of benzene rings is 1. The summed E-state index contributed by atoms with van der Waals surface area (Å²) >= 11 is 0. The molecule has 1 aromatic carbocycles. The molecule has 3 rings (SSSR count). The summed E-state index contributed by atoms with van der Waals surface area (Å²) < 4.78 is 25.2. The predicted octanol–water partition coefficient (Wildman–Crippen LogP) is -1.10. The molecule has 0 aliphatic carbocycles. The molecule has 1 aromatic heterocycles. The summed E-state index contributed by atoms with van der Waals surface area (Å²) in [6, 6.07) is 4.60. The third-order valence-electron chi connectivity index (χ3n) is 8.66. The summed E-state index contributed by atoms with van der Waals surface area (Å²) in [6.45, 7) is 4.68. The van der Waals surface area contributed by atoms with Crippen LogP contribution in [0, 0.1) is 11.7 Å². The molecule has 3 amide bonds. The molecule has 0 unspecified atom stereocenters. The van der Waals surface area contributed by atoms with Gasteiger partial charge in [-0.3, -0.25) is 28.7 Å². The number of unbranched alkanes of at least 4 members (excludes halogenated alkanes) is 1. The Kier molecular flexibility index (Phi) is 19.9. The van der Waals surface area contributed by atoms with Crippen molar-refractivity contribution in [2.24, 2.45) is 17.4 Å². The average Bonchev–Trinajstić information content (AvgIpc) is 3.39. The van der Waals surface area contributed by atoms with Gasteiger partial charge in [0.1, 0.15) is 43.0 Å². The van der Waals surface area contributed by atoms with Crippen molar-refractivity contribution >= 4 is 48.5 Å². The summed E-state index contributed by atoms with van der Waals surface area (Å²) in [4.78, 5) is 78.0. The average molecular weight is 795 g/mol. The molecule has 0 radical (unpaired) electrons. The van der Waals surface area contributed by atoms with Crippen LogP contribution in [0.2, 0.25) is 0 Å². The first-order valence-corrected chi connectivity index (χ1v) is 16.8. The Bertz CT molecular complexity index is 1620. The minimum Gasteiger partial charge on any atom is -0.461 e. The van der Waals surface area contributed by atoms with Gasteiger partial charge in [-0.2, -0.15) is 4.39 Å². The Labute approximate surface area is 317 Å². The maximum Gasteiger partial charge on any atom is 0.330 e. The summed E-state index contributed by atoms with van der Waals surface area (Å²) in [5, 5.41) is 28.8. The van der Waals surface area contributed by atoms with Crippen LogP contribution < -0.4 is 38.7 Å². The van der Waals surface area contributed by atoms with E-state index in [9.17, 15) is 43.4 Å². The first kappa shape index (κ1) is 47.1. The van der Waals surface area contributed by atoms with E-state index in [0.29, 0.717) is 43.0 Å². The Balaban J connectivity index is 0.00000702. The highest BCUT2D eigenvalue weighted by molar-refractivity contribution is 5.94. The number of aliphatic hydroxyl groups is 2. The predicted molar refractivity (Wildman–Crippen MR) is 195 cm³/mol. The summed E-state index contributed by atoms with van der Waals surface area (Å²) in [5.41, 5.74) is 9.92. The van der Waals surface area contributed by atoms with Crippen molar-refractivity contribution in [2.75, 3.05) is 13.2 Å². The largest absolute Gasteiger partial charge is 0.461 e. The number of aromatic nitrogens is 2. The highest BCUT2D eigenvalue weighted by Gasteiger charge is 2.45. The van der Waals surface area contributed by atoms with Gasteiger partial charge in [-0.1, -0.05) is 57.0 Å². The highest BCUT2D eigenvalue weighted by atomic mass is 35.5. The van der Waals surface area contributed by atoms with Gasteiger partial charge in [0.25, 0.3) is 5.56 Å². The molecule has 1 aliphatic rings. The fourth-order valence-electron chi connectivity index (χ4n) is 5.30. The molecular weight excluding hydrogens is 744 g/mol. The number of hydrogen-bond donors (Lipinski definition) is 8. The van der Waals surface area contributed by atoms with Gasteiger partial charge in [0.05, 0.1) is 12.2 Å². The number of aliphatic hydroxyl groups excluding tert-OH is 2. The maximum atomic E-state index is 13.8. The highest BCUT2D eigenvalue weighted by Crippen LogP contribution is 2.28. The van der Waals surface area contributed by atoms with Gasteiger partial charge in [-0.15, -0.1) is 24.8 Å². The standard InChI is InChI=1S/C33H48FN7O10.2ClH/c1-4-17(2)24(32(48)50-16-23-25(42)26(43)31(51-23)41-15-20(34)28(45)40-33(41)49)39-27(44)18(3)37-30(47)22(14-19-10-6-5-7-11-19)38-29(46)21(36)12-8-9-13-35;;/h5-7,10-11,15,17-18,21-26,31,42-43H,4,8-9,12-14,16,35-36H2,1-3H3,(H,37,47)(H,38,46)(H,39,44)(H,40,45,49);2*1H/t17-,18-,21-,22-,23+,24-,25+,26+,31+;;/m0../s1. The zero-order chi connectivity index (χ0) is 37.8. The molecule has 9 atom stereocenters. The zero-order valence-corrected chi connectivity index (χ0v) is 31.2. The molecule has 53 heavy (non-hydrogen) atoms. The zero-order valence-electron chi connectivity index (χ0n) is 29.6. The van der Waals surface area contributed by atoms with Crippen molar-refractivity contribution in [3.8, 4) is 0 Å². The molecule has 298 valence electrons. The second kappa shape index (κ2) is 22.3. The number of nitrogens with two attached hydrogens (primary N) is 2. The van der Waals surface area contributed by atoms with Crippen LogP contribution in [0.25, 0.3) is 0 Å². The van der Waals surface area contributed by atoms with Crippen molar-refractivity contribution in [2.45, 2.75) is 102 Å². The molecule has 1 saturated heterocycles. The fraction of sp³-hybridized carbons (Fsp3) is 0.576. The number of carbonyl (C=O) groups excluding carboxylic acids is 4. The summed E-state index contributed by atoms with van der Waals surface area (Å²) in [7, 11) is 0. The lowest BCUT2D eigenvalue weighted by Crippen LogP contribution is -2.57. The third-order valence-corrected chi connectivity index (χ3v) is 8.66. The van der Waals surface area contributed by atoms with Crippen molar-refractivity contribution in [3.63, 3.8) is 0 Å². The number of amides is 3. The Hall–Kier alpha value is -3.91. The van der Waals surface area contributed by atoms with Crippen molar-refractivity contribution in [1.29, 1.82) is 0 Å². The fourth-order valence-corrected chi connectivity index (χ4v) is 5.30. The number of hydrogen-bond acceptors (Lipinski definition) is 12. The van der Waals surface area contributed by atoms with Crippen LogP contribution in [0.15, 0.2) is 46.1 Å². The van der Waals surface area contributed by atoms with E-state index in [4.69, 9.17) is 20.9 Å². The smallest absolute Gasteiger partial charge is 0.330 e. The third kappa shape index (κ3) is 13.2. The number of rotatable bonds is 18. The van der Waals surface area contributed by atoms with Gasteiger partial charge in [-0.05, 0) is 37.8 Å². The Morgan fingerprint density at radius 3 is 2.28 bits per heavy atom. The topological polar surface area (TPSA) is 270 Å². The normalized spacial score (nSPS) is 20.7. The van der Waals surface area contributed by atoms with E-state index in [0.717, 1.165) is 5.56 Å². The number of halogens is 3. The molecule has 2 aromatic rings. The van der Waals surface area contributed by atoms with E-state index in [1.165, 1.54) is 6.92 Å². The van der Waals surface area contributed by atoms with Gasteiger partial charge < -0.3 is 47.1 Å². The van der Waals surface area contributed by atoms with Gasteiger partial charge in [-0.25, -0.2) is 9.59 Å². The molecule has 17 nitrogen and oxygen atoms in total. The van der Waals surface area contributed by atoms with Gasteiger partial charge in [0.2, 0.25) is 23.5 Å². The van der Waals surface area contributed by atoms with Gasteiger partial charge >= 0.3 is 11.7 Å². The van der Waals surface area contributed by atoms with E-state index >= 15 is 0 Å². The molecule has 1 fully saturated rings. The van der Waals surface area contributed by atoms with Crippen LogP contribution in [0.3, 0.4) is 0 Å². The lowest BCUT2D eigenvalue weighted by molar-refractivity contribution is -0.155. The van der Waals surface area contributed by atoms with Crippen molar-refractivity contribution in [1.82, 2.24) is 25.5 Å². The Morgan fingerprint density at radius 2 is 1.66 bits per heavy atom. The van der Waals surface area contributed by atoms with Crippen LogP contribution in [0.4, 0.5) is 4.39 Å². The quantitative estimate of drug-likeness (QED) is 0.0661. The van der Waals surface area contributed by atoms with E-state index in [1.807, 2.05) is 0 Å². The summed E-state index contributed by atoms with van der Waals surface area (Å²) in [5.74, 6) is -4.65. The first-order valence-electron chi connectivity index (χ1n) is 16.8. The molecule has 0 spiro atoms. The van der Waals surface area contributed by atoms with Crippen LogP contribution in [0.5, 0.6) is 0 Å². The van der Waals surface area contributed by atoms with Gasteiger partial charge in [0.15, 0.2) is 6.23 Å². The first-order chi connectivity index (χ1) is 24.2. The number of carbonyl (C=O) groups is 4. The SMILES string of the molecule is CC[C@H](C)[C@H](NC(=O)[C@H](C)NC(=O)[C@H](Cc1ccccc1)NC(=O)[C@@H](N)CCCCN)C(=O)OC[C@H]1O[C@@H](n2cc(F)c(=O)[nH]c2=O)[C@H](O)[C@@H]1O.Cl.Cl. The number of esters is 1. The molecule has 20 heteroatoms. The van der Waals surface area contributed by atoms with E-state index in [-0.39, 0.29) is 31.2 Å².